The SMILES string of the molecule is CCNC(=O)[C@H](Cc1ccccc1)N(Cc1ccc(C)cc1)C(=O)CN(c1cc(C)ccc1OC)S(C)(=O)=O. The molecule has 3 aromatic rings. The number of carbonyl (C=O) groups is 2. The summed E-state index contributed by atoms with van der Waals surface area (Å²) in [6, 6.07) is 21.4. The van der Waals surface area contributed by atoms with Crippen molar-refractivity contribution in [3.63, 3.8) is 0 Å². The van der Waals surface area contributed by atoms with E-state index in [2.05, 4.69) is 5.32 Å². The van der Waals surface area contributed by atoms with Crippen LogP contribution < -0.4 is 14.4 Å². The Bertz CT molecular complexity index is 1380. The summed E-state index contributed by atoms with van der Waals surface area (Å²) in [4.78, 5) is 28.9. The van der Waals surface area contributed by atoms with E-state index < -0.39 is 28.5 Å². The molecule has 0 radical (unpaired) electrons. The molecule has 1 N–H and O–H groups in total. The monoisotopic (exact) mass is 551 g/mol. The summed E-state index contributed by atoms with van der Waals surface area (Å²) in [7, 11) is -2.43. The molecule has 0 heterocycles. The van der Waals surface area contributed by atoms with Crippen LogP contribution in [0.4, 0.5) is 5.69 Å². The Hall–Kier alpha value is -3.85. The molecule has 3 aromatic carbocycles. The molecule has 208 valence electrons. The molecule has 9 heteroatoms. The fraction of sp³-hybridized carbons (Fsp3) is 0.333. The van der Waals surface area contributed by atoms with Gasteiger partial charge >= 0.3 is 0 Å². The molecule has 0 unspecified atom stereocenters. The normalized spacial score (nSPS) is 11.9. The van der Waals surface area contributed by atoms with Gasteiger partial charge in [0.1, 0.15) is 18.3 Å². The molecule has 0 aliphatic carbocycles. The third-order valence-electron chi connectivity index (χ3n) is 6.38. The molecule has 0 aromatic heterocycles. The van der Waals surface area contributed by atoms with Gasteiger partial charge in [-0.2, -0.15) is 0 Å². The summed E-state index contributed by atoms with van der Waals surface area (Å²) < 4.78 is 32.4. The van der Waals surface area contributed by atoms with E-state index in [1.54, 1.807) is 18.2 Å². The van der Waals surface area contributed by atoms with Gasteiger partial charge in [0.25, 0.3) is 0 Å². The minimum Gasteiger partial charge on any atom is -0.495 e. The summed E-state index contributed by atoms with van der Waals surface area (Å²) in [6.07, 6.45) is 1.33. The van der Waals surface area contributed by atoms with Gasteiger partial charge in [-0.1, -0.05) is 66.2 Å². The van der Waals surface area contributed by atoms with Gasteiger partial charge in [0.05, 0.1) is 19.1 Å². The Kier molecular flexibility index (Phi) is 10.1. The molecule has 0 bridgehead atoms. The minimum atomic E-state index is -3.88. The molecule has 0 aliphatic rings. The van der Waals surface area contributed by atoms with E-state index >= 15 is 0 Å². The number of ether oxygens (including phenoxy) is 1. The molecule has 39 heavy (non-hydrogen) atoms. The molecule has 2 amide bonds. The Morgan fingerprint density at radius 2 is 1.56 bits per heavy atom. The zero-order valence-corrected chi connectivity index (χ0v) is 24.0. The second-order valence-electron chi connectivity index (χ2n) is 9.55. The summed E-state index contributed by atoms with van der Waals surface area (Å²) in [6.45, 7) is 5.66. The Labute approximate surface area is 231 Å². The number of likely N-dealkylation sites (N-methyl/N-ethyl adjacent to an activating group) is 1. The number of benzene rings is 3. The zero-order chi connectivity index (χ0) is 28.6. The van der Waals surface area contributed by atoms with Crippen molar-refractivity contribution in [1.29, 1.82) is 0 Å². The molecular formula is C30H37N3O5S. The van der Waals surface area contributed by atoms with Gasteiger partial charge in [-0.05, 0) is 49.6 Å². The lowest BCUT2D eigenvalue weighted by atomic mass is 10.0. The maximum atomic E-state index is 14.1. The van der Waals surface area contributed by atoms with Gasteiger partial charge in [0.15, 0.2) is 0 Å². The number of anilines is 1. The van der Waals surface area contributed by atoms with Gasteiger partial charge in [-0.15, -0.1) is 0 Å². The van der Waals surface area contributed by atoms with Crippen LogP contribution in [0, 0.1) is 13.8 Å². The van der Waals surface area contributed by atoms with Crippen molar-refractivity contribution in [2.75, 3.05) is 30.8 Å². The Balaban J connectivity index is 2.07. The molecular weight excluding hydrogens is 514 g/mol. The number of amides is 2. The molecule has 0 saturated carbocycles. The standard InChI is InChI=1S/C30H37N3O5S/c1-6-31-30(35)27(19-24-10-8-7-9-11-24)32(20-25-15-12-22(2)13-16-25)29(34)21-33(39(5,36)37)26-18-23(3)14-17-28(26)38-4/h7-18,27H,6,19-21H2,1-5H3,(H,31,35)/t27-/m0/s1. The smallest absolute Gasteiger partial charge is 0.244 e. The van der Waals surface area contributed by atoms with E-state index in [1.807, 2.05) is 75.4 Å². The van der Waals surface area contributed by atoms with Crippen LogP contribution in [0.15, 0.2) is 72.8 Å². The Morgan fingerprint density at radius 1 is 0.923 bits per heavy atom. The predicted octanol–water partition coefficient (Wildman–Crippen LogP) is 3.85. The van der Waals surface area contributed by atoms with E-state index in [0.29, 0.717) is 12.3 Å². The van der Waals surface area contributed by atoms with E-state index in [9.17, 15) is 18.0 Å². The topological polar surface area (TPSA) is 96.0 Å². The van der Waals surface area contributed by atoms with E-state index in [4.69, 9.17) is 4.74 Å². The van der Waals surface area contributed by atoms with E-state index in [1.165, 1.54) is 12.0 Å². The van der Waals surface area contributed by atoms with Crippen LogP contribution in [0.2, 0.25) is 0 Å². The van der Waals surface area contributed by atoms with Gasteiger partial charge in [-0.25, -0.2) is 8.42 Å². The third-order valence-corrected chi connectivity index (χ3v) is 7.50. The van der Waals surface area contributed by atoms with Crippen LogP contribution >= 0.6 is 0 Å². The average molecular weight is 552 g/mol. The number of sulfonamides is 1. The minimum absolute atomic E-state index is 0.135. The molecule has 0 spiro atoms. The highest BCUT2D eigenvalue weighted by Gasteiger charge is 2.33. The van der Waals surface area contributed by atoms with E-state index in [-0.39, 0.29) is 24.6 Å². The second-order valence-corrected chi connectivity index (χ2v) is 11.5. The summed E-state index contributed by atoms with van der Waals surface area (Å²) in [5.41, 5.74) is 3.86. The Morgan fingerprint density at radius 3 is 2.15 bits per heavy atom. The van der Waals surface area contributed by atoms with Gasteiger partial charge < -0.3 is 15.0 Å². The van der Waals surface area contributed by atoms with Crippen LogP contribution in [-0.4, -0.2) is 57.6 Å². The number of aryl methyl sites for hydroxylation is 2. The van der Waals surface area contributed by atoms with Gasteiger partial charge in [-0.3, -0.25) is 13.9 Å². The lowest BCUT2D eigenvalue weighted by Gasteiger charge is -2.33. The highest BCUT2D eigenvalue weighted by Crippen LogP contribution is 2.31. The van der Waals surface area contributed by atoms with Crippen molar-refractivity contribution >= 4 is 27.5 Å². The van der Waals surface area contributed by atoms with Crippen molar-refractivity contribution in [2.24, 2.45) is 0 Å². The highest BCUT2D eigenvalue weighted by atomic mass is 32.2. The van der Waals surface area contributed by atoms with Gasteiger partial charge in [0, 0.05) is 19.5 Å². The van der Waals surface area contributed by atoms with Crippen molar-refractivity contribution in [2.45, 2.75) is 39.8 Å². The fourth-order valence-electron chi connectivity index (χ4n) is 4.33. The van der Waals surface area contributed by atoms with Crippen LogP contribution in [-0.2, 0) is 32.6 Å². The lowest BCUT2D eigenvalue weighted by molar-refractivity contribution is -0.140. The van der Waals surface area contributed by atoms with Crippen molar-refractivity contribution in [3.8, 4) is 5.75 Å². The van der Waals surface area contributed by atoms with Crippen LogP contribution in [0.1, 0.15) is 29.2 Å². The fourth-order valence-corrected chi connectivity index (χ4v) is 5.17. The number of rotatable bonds is 12. The number of methoxy groups -OCH3 is 1. The van der Waals surface area contributed by atoms with Crippen LogP contribution in [0.5, 0.6) is 5.75 Å². The van der Waals surface area contributed by atoms with Crippen molar-refractivity contribution in [1.82, 2.24) is 10.2 Å². The largest absolute Gasteiger partial charge is 0.495 e. The summed E-state index contributed by atoms with van der Waals surface area (Å²) in [5.74, 6) is -0.480. The molecule has 0 saturated heterocycles. The lowest BCUT2D eigenvalue weighted by Crippen LogP contribution is -2.53. The number of hydrogen-bond acceptors (Lipinski definition) is 5. The summed E-state index contributed by atoms with van der Waals surface area (Å²) in [5, 5.41) is 2.85. The number of carbonyl (C=O) groups excluding carboxylic acids is 2. The maximum absolute atomic E-state index is 14.1. The van der Waals surface area contributed by atoms with E-state index in [0.717, 1.165) is 32.8 Å². The number of hydrogen-bond donors (Lipinski definition) is 1. The molecule has 0 fully saturated rings. The predicted molar refractivity (Wildman–Crippen MR) is 154 cm³/mol. The first-order chi connectivity index (χ1) is 18.5. The molecule has 3 rings (SSSR count). The summed E-state index contributed by atoms with van der Waals surface area (Å²) >= 11 is 0. The first-order valence-corrected chi connectivity index (χ1v) is 14.7. The third kappa shape index (κ3) is 8.07. The number of nitrogens with one attached hydrogen (secondary N) is 1. The van der Waals surface area contributed by atoms with Crippen LogP contribution in [0.25, 0.3) is 0 Å². The van der Waals surface area contributed by atoms with Gasteiger partial charge in [0.2, 0.25) is 21.8 Å². The second kappa shape index (κ2) is 13.3. The quantitative estimate of drug-likeness (QED) is 0.369. The molecule has 1 atom stereocenters. The number of nitrogens with zero attached hydrogens (tertiary/aromatic N) is 2. The average Bonchev–Trinajstić information content (AvgIpc) is 2.90. The van der Waals surface area contributed by atoms with Crippen LogP contribution in [0.3, 0.4) is 0 Å². The maximum Gasteiger partial charge on any atom is 0.244 e. The molecule has 8 nitrogen and oxygen atoms in total. The first-order valence-electron chi connectivity index (χ1n) is 12.8. The zero-order valence-electron chi connectivity index (χ0n) is 23.2. The van der Waals surface area contributed by atoms with Crippen molar-refractivity contribution in [3.05, 3.63) is 95.1 Å². The van der Waals surface area contributed by atoms with Crippen molar-refractivity contribution < 1.29 is 22.7 Å². The molecule has 0 aliphatic heterocycles. The first kappa shape index (κ1) is 29.7. The highest BCUT2D eigenvalue weighted by molar-refractivity contribution is 7.92.